The molecule has 0 aromatic carbocycles. The maximum absolute atomic E-state index is 6.26. The van der Waals surface area contributed by atoms with Crippen LogP contribution in [-0.4, -0.2) is 48.0 Å². The normalized spacial score (nSPS) is 31.3. The lowest BCUT2D eigenvalue weighted by Crippen LogP contribution is -2.52. The summed E-state index contributed by atoms with van der Waals surface area (Å²) in [4.78, 5) is 12.0. The molecule has 3 atom stereocenters. The van der Waals surface area contributed by atoms with E-state index in [-0.39, 0.29) is 5.60 Å². The number of ether oxygens (including phenoxy) is 2. The Labute approximate surface area is 157 Å². The Balaban J connectivity index is 1.54. The van der Waals surface area contributed by atoms with Gasteiger partial charge in [-0.15, -0.1) is 0 Å². The standard InChI is InChI=1S/C21H33N3O2/c1-4-5-19-22-15(2)12-20(23-19)24-11-10-21(25-3)9-8-17(13-18(21)24)26-14-16-6-7-16/h12,16-18H,4-11,13-14H2,1-3H3/t17-,18-,21+/m0/s1. The van der Waals surface area contributed by atoms with E-state index in [1.807, 2.05) is 7.11 Å². The summed E-state index contributed by atoms with van der Waals surface area (Å²) in [7, 11) is 1.88. The molecule has 3 aliphatic rings. The minimum Gasteiger partial charge on any atom is -0.378 e. The first-order chi connectivity index (χ1) is 12.6. The molecule has 5 nitrogen and oxygen atoms in total. The number of nitrogens with zero attached hydrogens (tertiary/aromatic N) is 3. The Hall–Kier alpha value is -1.20. The molecule has 1 aromatic rings. The SMILES string of the molecule is CCCc1nc(C)cc(N2CC[C@]3(OC)CC[C@H](OCC4CC4)C[C@H]23)n1. The van der Waals surface area contributed by atoms with Crippen molar-refractivity contribution in [3.8, 4) is 0 Å². The van der Waals surface area contributed by atoms with Crippen molar-refractivity contribution in [3.05, 3.63) is 17.6 Å². The molecule has 144 valence electrons. The van der Waals surface area contributed by atoms with Crippen molar-refractivity contribution in [1.82, 2.24) is 9.97 Å². The first-order valence-corrected chi connectivity index (χ1v) is 10.4. The molecule has 1 saturated heterocycles. The van der Waals surface area contributed by atoms with Gasteiger partial charge < -0.3 is 14.4 Å². The summed E-state index contributed by atoms with van der Waals surface area (Å²) < 4.78 is 12.4. The summed E-state index contributed by atoms with van der Waals surface area (Å²) in [5.41, 5.74) is 1.02. The zero-order valence-electron chi connectivity index (χ0n) is 16.5. The third-order valence-electron chi connectivity index (χ3n) is 6.46. The van der Waals surface area contributed by atoms with E-state index in [0.29, 0.717) is 12.1 Å². The van der Waals surface area contributed by atoms with Crippen LogP contribution in [0, 0.1) is 12.8 Å². The first kappa shape index (κ1) is 18.2. The number of anilines is 1. The van der Waals surface area contributed by atoms with Crippen LogP contribution in [0.1, 0.15) is 63.4 Å². The quantitative estimate of drug-likeness (QED) is 0.743. The third kappa shape index (κ3) is 3.61. The summed E-state index contributed by atoms with van der Waals surface area (Å²) in [6, 6.07) is 2.49. The van der Waals surface area contributed by atoms with Crippen LogP contribution < -0.4 is 4.90 Å². The van der Waals surface area contributed by atoms with Crippen molar-refractivity contribution in [2.45, 2.75) is 83.0 Å². The Morgan fingerprint density at radius 2 is 2.08 bits per heavy atom. The number of rotatable bonds is 7. The van der Waals surface area contributed by atoms with Gasteiger partial charge >= 0.3 is 0 Å². The molecule has 0 N–H and O–H groups in total. The average Bonchev–Trinajstić information content (AvgIpc) is 3.38. The van der Waals surface area contributed by atoms with E-state index >= 15 is 0 Å². The van der Waals surface area contributed by atoms with Crippen LogP contribution in [0.15, 0.2) is 6.07 Å². The number of aromatic nitrogens is 2. The summed E-state index contributed by atoms with van der Waals surface area (Å²) in [5, 5.41) is 0. The van der Waals surface area contributed by atoms with E-state index in [9.17, 15) is 0 Å². The minimum atomic E-state index is -0.0385. The molecule has 0 spiro atoms. The molecule has 0 unspecified atom stereocenters. The largest absolute Gasteiger partial charge is 0.378 e. The molecule has 1 aromatic heterocycles. The van der Waals surface area contributed by atoms with Gasteiger partial charge in [0.2, 0.25) is 0 Å². The Morgan fingerprint density at radius 1 is 1.23 bits per heavy atom. The van der Waals surface area contributed by atoms with Crippen molar-refractivity contribution in [2.24, 2.45) is 5.92 Å². The zero-order chi connectivity index (χ0) is 18.1. The summed E-state index contributed by atoms with van der Waals surface area (Å²) >= 11 is 0. The van der Waals surface area contributed by atoms with Crippen LogP contribution in [0.4, 0.5) is 5.82 Å². The lowest BCUT2D eigenvalue weighted by atomic mass is 9.79. The van der Waals surface area contributed by atoms with Gasteiger partial charge in [0.1, 0.15) is 11.6 Å². The predicted molar refractivity (Wildman–Crippen MR) is 103 cm³/mol. The van der Waals surface area contributed by atoms with Crippen molar-refractivity contribution >= 4 is 5.82 Å². The fraction of sp³-hybridized carbons (Fsp3) is 0.810. The Bertz CT molecular complexity index is 634. The van der Waals surface area contributed by atoms with Crippen LogP contribution in [-0.2, 0) is 15.9 Å². The van der Waals surface area contributed by atoms with Gasteiger partial charge in [0.25, 0.3) is 0 Å². The molecule has 2 saturated carbocycles. The summed E-state index contributed by atoms with van der Waals surface area (Å²) in [6.45, 7) is 6.22. The minimum absolute atomic E-state index is 0.0385. The van der Waals surface area contributed by atoms with Crippen molar-refractivity contribution in [1.29, 1.82) is 0 Å². The van der Waals surface area contributed by atoms with Crippen LogP contribution in [0.25, 0.3) is 0 Å². The second-order valence-corrected chi connectivity index (χ2v) is 8.43. The van der Waals surface area contributed by atoms with Gasteiger partial charge in [-0.1, -0.05) is 6.92 Å². The second-order valence-electron chi connectivity index (χ2n) is 8.43. The molecule has 0 radical (unpaired) electrons. The van der Waals surface area contributed by atoms with Gasteiger partial charge in [-0.3, -0.25) is 0 Å². The molecule has 4 rings (SSSR count). The molecule has 26 heavy (non-hydrogen) atoms. The molecule has 0 bridgehead atoms. The number of methoxy groups -OCH3 is 1. The molecule has 3 fully saturated rings. The van der Waals surface area contributed by atoms with Crippen LogP contribution in [0.5, 0.6) is 0 Å². The summed E-state index contributed by atoms with van der Waals surface area (Å²) in [6.07, 6.45) is 9.42. The monoisotopic (exact) mass is 359 g/mol. The van der Waals surface area contributed by atoms with Crippen molar-refractivity contribution < 1.29 is 9.47 Å². The highest BCUT2D eigenvalue weighted by molar-refractivity contribution is 5.45. The number of aryl methyl sites for hydroxylation is 2. The Kier molecular flexibility index (Phi) is 5.20. The van der Waals surface area contributed by atoms with Gasteiger partial charge in [0, 0.05) is 38.4 Å². The van der Waals surface area contributed by atoms with E-state index in [2.05, 4.69) is 29.8 Å². The van der Waals surface area contributed by atoms with Gasteiger partial charge in [0.05, 0.1) is 17.7 Å². The second kappa shape index (κ2) is 7.43. The number of hydrogen-bond acceptors (Lipinski definition) is 5. The van der Waals surface area contributed by atoms with E-state index in [0.717, 1.165) is 74.9 Å². The predicted octanol–water partition coefficient (Wildman–Crippen LogP) is 3.68. The lowest BCUT2D eigenvalue weighted by Gasteiger charge is -2.43. The highest BCUT2D eigenvalue weighted by atomic mass is 16.5. The third-order valence-corrected chi connectivity index (χ3v) is 6.46. The number of fused-ring (bicyclic) bond motifs is 1. The number of hydrogen-bond donors (Lipinski definition) is 0. The highest BCUT2D eigenvalue weighted by Crippen LogP contribution is 2.45. The maximum atomic E-state index is 6.26. The van der Waals surface area contributed by atoms with Crippen molar-refractivity contribution in [3.63, 3.8) is 0 Å². The van der Waals surface area contributed by atoms with E-state index in [1.165, 1.54) is 12.8 Å². The zero-order valence-corrected chi connectivity index (χ0v) is 16.5. The Morgan fingerprint density at radius 3 is 2.81 bits per heavy atom. The average molecular weight is 360 g/mol. The van der Waals surface area contributed by atoms with E-state index in [1.54, 1.807) is 0 Å². The molecule has 5 heteroatoms. The molecule has 1 aliphatic heterocycles. The topological polar surface area (TPSA) is 47.5 Å². The lowest BCUT2D eigenvalue weighted by molar-refractivity contribution is -0.0816. The van der Waals surface area contributed by atoms with Gasteiger partial charge in [0.15, 0.2) is 0 Å². The summed E-state index contributed by atoms with van der Waals surface area (Å²) in [5.74, 6) is 2.87. The molecule has 0 amide bonds. The fourth-order valence-electron chi connectivity index (χ4n) is 4.74. The van der Waals surface area contributed by atoms with Crippen LogP contribution >= 0.6 is 0 Å². The van der Waals surface area contributed by atoms with Gasteiger partial charge in [-0.25, -0.2) is 9.97 Å². The van der Waals surface area contributed by atoms with Crippen LogP contribution in [0.2, 0.25) is 0 Å². The smallest absolute Gasteiger partial charge is 0.132 e. The van der Waals surface area contributed by atoms with E-state index in [4.69, 9.17) is 14.5 Å². The molecular formula is C21H33N3O2. The van der Waals surface area contributed by atoms with Gasteiger partial charge in [-0.2, -0.15) is 0 Å². The van der Waals surface area contributed by atoms with Crippen molar-refractivity contribution in [2.75, 3.05) is 25.2 Å². The molecular weight excluding hydrogens is 326 g/mol. The molecule has 2 heterocycles. The first-order valence-electron chi connectivity index (χ1n) is 10.4. The maximum Gasteiger partial charge on any atom is 0.132 e. The highest BCUT2D eigenvalue weighted by Gasteiger charge is 2.52. The molecule has 2 aliphatic carbocycles. The van der Waals surface area contributed by atoms with Crippen LogP contribution in [0.3, 0.4) is 0 Å². The van der Waals surface area contributed by atoms with E-state index < -0.39 is 0 Å². The fourth-order valence-corrected chi connectivity index (χ4v) is 4.74. The van der Waals surface area contributed by atoms with Gasteiger partial charge in [-0.05, 0) is 57.8 Å².